The number of carboxylic acids is 1. The maximum Gasteiger partial charge on any atom is 0.328 e. The summed E-state index contributed by atoms with van der Waals surface area (Å²) in [6.45, 7) is 1.21. The smallest absolute Gasteiger partial charge is 0.328 e. The van der Waals surface area contributed by atoms with Crippen LogP contribution in [-0.2, 0) is 9.53 Å². The van der Waals surface area contributed by atoms with E-state index >= 15 is 0 Å². The number of rotatable bonds is 7. The number of carboxylic acid groups (broad SMARTS) is 1. The van der Waals surface area contributed by atoms with E-state index in [1.54, 1.807) is 30.5 Å². The standard InChI is InChI=1S/C13H17NO4S/c1-14(7-3-8-18-2)13(17)12-10(6-9-19-12)4-5-11(15)16/h4-6,9H,3,7-8H2,1-2H3,(H,15,16). The van der Waals surface area contributed by atoms with Crippen LogP contribution in [0.25, 0.3) is 6.08 Å². The molecule has 0 spiro atoms. The van der Waals surface area contributed by atoms with Crippen LogP contribution >= 0.6 is 11.3 Å². The van der Waals surface area contributed by atoms with Gasteiger partial charge in [0.05, 0.1) is 4.88 Å². The monoisotopic (exact) mass is 283 g/mol. The maximum absolute atomic E-state index is 12.2. The average molecular weight is 283 g/mol. The summed E-state index contributed by atoms with van der Waals surface area (Å²) in [7, 11) is 3.35. The highest BCUT2D eigenvalue weighted by atomic mass is 32.1. The van der Waals surface area contributed by atoms with Gasteiger partial charge in [0.15, 0.2) is 0 Å². The highest BCUT2D eigenvalue weighted by Gasteiger charge is 2.15. The Balaban J connectivity index is 2.71. The number of methoxy groups -OCH3 is 1. The molecule has 0 saturated carbocycles. The largest absolute Gasteiger partial charge is 0.478 e. The van der Waals surface area contributed by atoms with E-state index in [0.717, 1.165) is 12.5 Å². The lowest BCUT2D eigenvalue weighted by molar-refractivity contribution is -0.131. The van der Waals surface area contributed by atoms with Crippen molar-refractivity contribution in [3.05, 3.63) is 28.0 Å². The van der Waals surface area contributed by atoms with Crippen molar-refractivity contribution in [2.75, 3.05) is 27.3 Å². The van der Waals surface area contributed by atoms with Gasteiger partial charge in [-0.1, -0.05) is 0 Å². The van der Waals surface area contributed by atoms with Gasteiger partial charge in [-0.3, -0.25) is 4.79 Å². The Kier molecular flexibility index (Phi) is 6.24. The fourth-order valence-electron chi connectivity index (χ4n) is 1.51. The van der Waals surface area contributed by atoms with Gasteiger partial charge in [-0.25, -0.2) is 4.79 Å². The third kappa shape index (κ3) is 4.84. The normalized spacial score (nSPS) is 10.8. The molecule has 1 N–H and O–H groups in total. The molecule has 0 radical (unpaired) electrons. The Morgan fingerprint density at radius 3 is 2.89 bits per heavy atom. The van der Waals surface area contributed by atoms with Crippen molar-refractivity contribution in [3.8, 4) is 0 Å². The lowest BCUT2D eigenvalue weighted by Crippen LogP contribution is -2.28. The summed E-state index contributed by atoms with van der Waals surface area (Å²) in [5.41, 5.74) is 0.635. The molecule has 0 saturated heterocycles. The van der Waals surface area contributed by atoms with Gasteiger partial charge in [-0.05, 0) is 29.5 Å². The van der Waals surface area contributed by atoms with Crippen molar-refractivity contribution >= 4 is 29.3 Å². The third-order valence-electron chi connectivity index (χ3n) is 2.48. The lowest BCUT2D eigenvalue weighted by Gasteiger charge is -2.16. The topological polar surface area (TPSA) is 66.8 Å². The van der Waals surface area contributed by atoms with E-state index in [-0.39, 0.29) is 5.91 Å². The van der Waals surface area contributed by atoms with Gasteiger partial charge in [0, 0.05) is 33.4 Å². The van der Waals surface area contributed by atoms with Gasteiger partial charge in [-0.15, -0.1) is 11.3 Å². The lowest BCUT2D eigenvalue weighted by atomic mass is 10.2. The second-order valence-electron chi connectivity index (χ2n) is 3.95. The summed E-state index contributed by atoms with van der Waals surface area (Å²) >= 11 is 1.31. The van der Waals surface area contributed by atoms with Gasteiger partial charge >= 0.3 is 5.97 Å². The molecule has 1 heterocycles. The quantitative estimate of drug-likeness (QED) is 0.613. The van der Waals surface area contributed by atoms with E-state index in [2.05, 4.69) is 0 Å². The van der Waals surface area contributed by atoms with Gasteiger partial charge in [0.2, 0.25) is 0 Å². The van der Waals surface area contributed by atoms with E-state index < -0.39 is 5.97 Å². The van der Waals surface area contributed by atoms with E-state index in [1.807, 2.05) is 0 Å². The molecule has 6 heteroatoms. The molecule has 5 nitrogen and oxygen atoms in total. The fourth-order valence-corrected chi connectivity index (χ4v) is 2.39. The predicted octanol–water partition coefficient (Wildman–Crippen LogP) is 1.95. The van der Waals surface area contributed by atoms with Crippen LogP contribution in [0.15, 0.2) is 17.5 Å². The van der Waals surface area contributed by atoms with Crippen molar-refractivity contribution in [2.24, 2.45) is 0 Å². The molecular formula is C13H17NO4S. The highest BCUT2D eigenvalue weighted by Crippen LogP contribution is 2.20. The Morgan fingerprint density at radius 2 is 2.26 bits per heavy atom. The Bertz CT molecular complexity index is 467. The first kappa shape index (κ1) is 15.4. The molecule has 1 rings (SSSR count). The molecule has 1 amide bonds. The minimum absolute atomic E-state index is 0.101. The number of carbonyl (C=O) groups excluding carboxylic acids is 1. The van der Waals surface area contributed by atoms with Gasteiger partial charge in [0.1, 0.15) is 0 Å². The van der Waals surface area contributed by atoms with Crippen LogP contribution in [0.4, 0.5) is 0 Å². The first-order valence-corrected chi connectivity index (χ1v) is 6.67. The minimum Gasteiger partial charge on any atom is -0.478 e. The molecule has 1 aromatic rings. The summed E-state index contributed by atoms with van der Waals surface area (Å²) in [4.78, 5) is 24.8. The van der Waals surface area contributed by atoms with Crippen LogP contribution in [0.5, 0.6) is 0 Å². The summed E-state index contributed by atoms with van der Waals surface area (Å²) in [6.07, 6.45) is 3.24. The van der Waals surface area contributed by atoms with E-state index in [9.17, 15) is 9.59 Å². The number of hydrogen-bond acceptors (Lipinski definition) is 4. The van der Waals surface area contributed by atoms with Crippen molar-refractivity contribution < 1.29 is 19.4 Å². The molecule has 0 aliphatic carbocycles. The number of hydrogen-bond donors (Lipinski definition) is 1. The first-order valence-electron chi connectivity index (χ1n) is 5.79. The molecule has 0 bridgehead atoms. The molecule has 1 aromatic heterocycles. The summed E-state index contributed by atoms with van der Waals surface area (Å²) in [5.74, 6) is -1.13. The van der Waals surface area contributed by atoms with Crippen LogP contribution in [-0.4, -0.2) is 49.2 Å². The fraction of sp³-hybridized carbons (Fsp3) is 0.385. The number of aliphatic carboxylic acids is 1. The van der Waals surface area contributed by atoms with E-state index in [1.165, 1.54) is 17.4 Å². The van der Waals surface area contributed by atoms with Crippen molar-refractivity contribution in [3.63, 3.8) is 0 Å². The zero-order valence-corrected chi connectivity index (χ0v) is 11.8. The van der Waals surface area contributed by atoms with Crippen LogP contribution in [0.1, 0.15) is 21.7 Å². The SMILES string of the molecule is COCCCN(C)C(=O)c1sccc1C=CC(=O)O. The van der Waals surface area contributed by atoms with E-state index in [0.29, 0.717) is 23.6 Å². The number of carbonyl (C=O) groups is 2. The van der Waals surface area contributed by atoms with Crippen molar-refractivity contribution in [2.45, 2.75) is 6.42 Å². The number of amides is 1. The number of thiophene rings is 1. The number of nitrogens with zero attached hydrogens (tertiary/aromatic N) is 1. The summed E-state index contributed by atoms with van der Waals surface area (Å²) < 4.78 is 4.94. The second-order valence-corrected chi connectivity index (χ2v) is 4.87. The predicted molar refractivity (Wildman–Crippen MR) is 74.4 cm³/mol. The summed E-state index contributed by atoms with van der Waals surface area (Å²) in [6, 6.07) is 1.74. The Labute approximate surface area is 116 Å². The molecule has 19 heavy (non-hydrogen) atoms. The molecule has 104 valence electrons. The van der Waals surface area contributed by atoms with Gasteiger partial charge < -0.3 is 14.7 Å². The van der Waals surface area contributed by atoms with Crippen molar-refractivity contribution in [1.82, 2.24) is 4.90 Å². The Hall–Kier alpha value is -1.66. The molecular weight excluding hydrogens is 266 g/mol. The zero-order valence-electron chi connectivity index (χ0n) is 11.0. The van der Waals surface area contributed by atoms with Gasteiger partial charge in [0.25, 0.3) is 5.91 Å². The molecule has 0 atom stereocenters. The van der Waals surface area contributed by atoms with Crippen LogP contribution in [0, 0.1) is 0 Å². The average Bonchev–Trinajstić information content (AvgIpc) is 2.83. The second kappa shape index (κ2) is 7.70. The van der Waals surface area contributed by atoms with Crippen LogP contribution in [0.3, 0.4) is 0 Å². The first-order chi connectivity index (χ1) is 9.06. The zero-order chi connectivity index (χ0) is 14.3. The highest BCUT2D eigenvalue weighted by molar-refractivity contribution is 7.12. The van der Waals surface area contributed by atoms with Crippen molar-refractivity contribution in [1.29, 1.82) is 0 Å². The number of ether oxygens (including phenoxy) is 1. The molecule has 0 aliphatic heterocycles. The van der Waals surface area contributed by atoms with Crippen LogP contribution < -0.4 is 0 Å². The Morgan fingerprint density at radius 1 is 1.53 bits per heavy atom. The summed E-state index contributed by atoms with van der Waals surface area (Å²) in [5, 5.41) is 10.4. The molecule has 0 aliphatic rings. The molecule has 0 aromatic carbocycles. The van der Waals surface area contributed by atoms with Gasteiger partial charge in [-0.2, -0.15) is 0 Å². The van der Waals surface area contributed by atoms with E-state index in [4.69, 9.17) is 9.84 Å². The molecule has 0 fully saturated rings. The molecule has 0 unspecified atom stereocenters. The third-order valence-corrected chi connectivity index (χ3v) is 3.40. The van der Waals surface area contributed by atoms with Crippen LogP contribution in [0.2, 0.25) is 0 Å². The minimum atomic E-state index is -1.03. The maximum atomic E-state index is 12.2.